The summed E-state index contributed by atoms with van der Waals surface area (Å²) in [5.41, 5.74) is 7.66. The van der Waals surface area contributed by atoms with Crippen LogP contribution in [0, 0.1) is 0 Å². The van der Waals surface area contributed by atoms with E-state index in [1.165, 1.54) is 0 Å². The van der Waals surface area contributed by atoms with Crippen molar-refractivity contribution in [3.05, 3.63) is 23.8 Å². The number of anilines is 1. The Bertz CT molecular complexity index is 518. The van der Waals surface area contributed by atoms with Gasteiger partial charge >= 0.3 is 0 Å². The molecule has 2 heterocycles. The molecule has 2 aliphatic heterocycles. The monoisotopic (exact) mass is 275 g/mol. The van der Waals surface area contributed by atoms with Gasteiger partial charge in [-0.05, 0) is 12.5 Å². The molecule has 0 spiro atoms. The van der Waals surface area contributed by atoms with Gasteiger partial charge in [-0.1, -0.05) is 6.07 Å². The van der Waals surface area contributed by atoms with Crippen molar-refractivity contribution in [3.63, 3.8) is 0 Å². The molecule has 5 nitrogen and oxygen atoms in total. The molecule has 1 amide bonds. The van der Waals surface area contributed by atoms with Gasteiger partial charge in [-0.3, -0.25) is 9.69 Å². The summed E-state index contributed by atoms with van der Waals surface area (Å²) < 4.78 is 5.40. The van der Waals surface area contributed by atoms with Crippen molar-refractivity contribution >= 4 is 11.6 Å². The number of hydrogen-bond acceptors (Lipinski definition) is 4. The summed E-state index contributed by atoms with van der Waals surface area (Å²) in [7, 11) is 1.67. The fraction of sp³-hybridized carbons (Fsp3) is 0.533. The molecule has 3 rings (SSSR count). The number of fused-ring (bicyclic) bond motifs is 1. The second-order valence-electron chi connectivity index (χ2n) is 5.59. The van der Waals surface area contributed by atoms with Gasteiger partial charge in [-0.25, -0.2) is 0 Å². The Labute approximate surface area is 119 Å². The Kier molecular flexibility index (Phi) is 3.53. The molecule has 0 saturated carbocycles. The largest absolute Gasteiger partial charge is 0.496 e. The molecule has 1 aromatic rings. The van der Waals surface area contributed by atoms with E-state index in [1.807, 2.05) is 23.1 Å². The normalized spacial score (nSPS) is 22.9. The van der Waals surface area contributed by atoms with Crippen molar-refractivity contribution in [2.75, 3.05) is 32.5 Å². The average Bonchev–Trinajstić information content (AvgIpc) is 2.82. The van der Waals surface area contributed by atoms with E-state index in [9.17, 15) is 4.79 Å². The number of nitrogens with two attached hydrogens (primary N) is 1. The standard InChI is InChI=1S/C15H21N3O2/c1-20-14-8-12(16)3-2-11(14)9-17-6-7-18-13(10-17)4-5-15(18)19/h2-3,8,13H,4-7,9-10,16H2,1H3. The average molecular weight is 275 g/mol. The Hall–Kier alpha value is -1.75. The predicted octanol–water partition coefficient (Wildman–Crippen LogP) is 1.08. The summed E-state index contributed by atoms with van der Waals surface area (Å²) in [6.45, 7) is 3.58. The maximum absolute atomic E-state index is 11.7. The SMILES string of the molecule is COc1cc(N)ccc1CN1CCN2C(=O)CCC2C1. The minimum atomic E-state index is 0.319. The van der Waals surface area contributed by atoms with Crippen LogP contribution in [0.4, 0.5) is 5.69 Å². The summed E-state index contributed by atoms with van der Waals surface area (Å²) >= 11 is 0. The van der Waals surface area contributed by atoms with Crippen molar-refractivity contribution in [1.82, 2.24) is 9.80 Å². The number of nitrogen functional groups attached to an aromatic ring is 1. The highest BCUT2D eigenvalue weighted by molar-refractivity contribution is 5.78. The topological polar surface area (TPSA) is 58.8 Å². The minimum absolute atomic E-state index is 0.319. The fourth-order valence-electron chi connectivity index (χ4n) is 3.21. The Balaban J connectivity index is 1.68. The third-order valence-corrected chi connectivity index (χ3v) is 4.28. The van der Waals surface area contributed by atoms with Crippen LogP contribution in [0.5, 0.6) is 5.75 Å². The van der Waals surface area contributed by atoms with Crippen molar-refractivity contribution < 1.29 is 9.53 Å². The number of nitrogens with zero attached hydrogens (tertiary/aromatic N) is 2. The Morgan fingerprint density at radius 2 is 2.25 bits per heavy atom. The molecule has 2 fully saturated rings. The van der Waals surface area contributed by atoms with E-state index >= 15 is 0 Å². The van der Waals surface area contributed by atoms with Crippen LogP contribution >= 0.6 is 0 Å². The first-order valence-corrected chi connectivity index (χ1v) is 7.11. The lowest BCUT2D eigenvalue weighted by Crippen LogP contribution is -2.50. The molecule has 2 aliphatic rings. The quantitative estimate of drug-likeness (QED) is 0.839. The van der Waals surface area contributed by atoms with Crippen molar-refractivity contribution in [2.24, 2.45) is 0 Å². The summed E-state index contributed by atoms with van der Waals surface area (Å²) in [6.07, 6.45) is 1.71. The van der Waals surface area contributed by atoms with Crippen LogP contribution in [0.25, 0.3) is 0 Å². The third kappa shape index (κ3) is 2.45. The number of amides is 1. The van der Waals surface area contributed by atoms with Gasteiger partial charge in [0.1, 0.15) is 5.75 Å². The number of carbonyl (C=O) groups excluding carboxylic acids is 1. The number of rotatable bonds is 3. The van der Waals surface area contributed by atoms with E-state index in [-0.39, 0.29) is 0 Å². The fourth-order valence-corrected chi connectivity index (χ4v) is 3.21. The van der Waals surface area contributed by atoms with Gasteiger partial charge in [-0.15, -0.1) is 0 Å². The zero-order chi connectivity index (χ0) is 14.1. The molecule has 1 unspecified atom stereocenters. The second kappa shape index (κ2) is 5.32. The molecule has 0 aliphatic carbocycles. The van der Waals surface area contributed by atoms with Crippen LogP contribution in [-0.4, -0.2) is 48.5 Å². The lowest BCUT2D eigenvalue weighted by Gasteiger charge is -2.37. The maximum Gasteiger partial charge on any atom is 0.222 e. The predicted molar refractivity (Wildman–Crippen MR) is 77.4 cm³/mol. The van der Waals surface area contributed by atoms with Crippen LogP contribution in [0.2, 0.25) is 0 Å². The highest BCUT2D eigenvalue weighted by atomic mass is 16.5. The van der Waals surface area contributed by atoms with E-state index in [2.05, 4.69) is 4.90 Å². The van der Waals surface area contributed by atoms with Crippen molar-refractivity contribution in [3.8, 4) is 5.75 Å². The molecular formula is C15H21N3O2. The molecule has 0 radical (unpaired) electrons. The molecule has 108 valence electrons. The molecule has 0 bridgehead atoms. The van der Waals surface area contributed by atoms with Gasteiger partial charge in [0.2, 0.25) is 5.91 Å². The zero-order valence-electron chi connectivity index (χ0n) is 11.8. The summed E-state index contributed by atoms with van der Waals surface area (Å²) in [5.74, 6) is 1.16. The van der Waals surface area contributed by atoms with Crippen LogP contribution in [0.15, 0.2) is 18.2 Å². The number of piperazine rings is 1. The number of hydrogen-bond donors (Lipinski definition) is 1. The molecule has 20 heavy (non-hydrogen) atoms. The first-order valence-electron chi connectivity index (χ1n) is 7.11. The minimum Gasteiger partial charge on any atom is -0.496 e. The van der Waals surface area contributed by atoms with E-state index in [0.29, 0.717) is 18.4 Å². The highest BCUT2D eigenvalue weighted by Crippen LogP contribution is 2.27. The van der Waals surface area contributed by atoms with Gasteiger partial charge in [0, 0.05) is 56.0 Å². The molecule has 0 aromatic heterocycles. The zero-order valence-corrected chi connectivity index (χ0v) is 11.8. The summed E-state index contributed by atoms with van der Waals surface area (Å²) in [5, 5.41) is 0. The van der Waals surface area contributed by atoms with Crippen LogP contribution in [-0.2, 0) is 11.3 Å². The Morgan fingerprint density at radius 1 is 1.40 bits per heavy atom. The smallest absolute Gasteiger partial charge is 0.222 e. The molecule has 1 atom stereocenters. The van der Waals surface area contributed by atoms with Crippen molar-refractivity contribution in [2.45, 2.75) is 25.4 Å². The highest BCUT2D eigenvalue weighted by Gasteiger charge is 2.35. The van der Waals surface area contributed by atoms with E-state index in [0.717, 1.165) is 49.6 Å². The number of ether oxygens (including phenoxy) is 1. The van der Waals surface area contributed by atoms with Crippen LogP contribution in [0.1, 0.15) is 18.4 Å². The summed E-state index contributed by atoms with van der Waals surface area (Å²) in [6, 6.07) is 6.20. The number of methoxy groups -OCH3 is 1. The van der Waals surface area contributed by atoms with Gasteiger partial charge < -0.3 is 15.4 Å². The van der Waals surface area contributed by atoms with E-state index < -0.39 is 0 Å². The number of benzene rings is 1. The van der Waals surface area contributed by atoms with Gasteiger partial charge in [-0.2, -0.15) is 0 Å². The molecule has 2 saturated heterocycles. The van der Waals surface area contributed by atoms with Crippen LogP contribution in [0.3, 0.4) is 0 Å². The molecule has 5 heteroatoms. The summed E-state index contributed by atoms with van der Waals surface area (Å²) in [4.78, 5) is 16.1. The first-order chi connectivity index (χ1) is 9.67. The molecule has 1 aromatic carbocycles. The van der Waals surface area contributed by atoms with Gasteiger partial charge in [0.15, 0.2) is 0 Å². The van der Waals surface area contributed by atoms with E-state index in [1.54, 1.807) is 7.11 Å². The molecule has 2 N–H and O–H groups in total. The first kappa shape index (κ1) is 13.2. The molecular weight excluding hydrogens is 254 g/mol. The Morgan fingerprint density at radius 3 is 3.05 bits per heavy atom. The lowest BCUT2D eigenvalue weighted by atomic mass is 10.1. The maximum atomic E-state index is 11.7. The van der Waals surface area contributed by atoms with Gasteiger partial charge in [0.25, 0.3) is 0 Å². The second-order valence-corrected chi connectivity index (χ2v) is 5.59. The van der Waals surface area contributed by atoms with Crippen LogP contribution < -0.4 is 10.5 Å². The lowest BCUT2D eigenvalue weighted by molar-refractivity contribution is -0.130. The van der Waals surface area contributed by atoms with Crippen molar-refractivity contribution in [1.29, 1.82) is 0 Å². The van der Waals surface area contributed by atoms with E-state index in [4.69, 9.17) is 10.5 Å². The third-order valence-electron chi connectivity index (χ3n) is 4.28. The number of carbonyl (C=O) groups is 1. The van der Waals surface area contributed by atoms with Gasteiger partial charge in [0.05, 0.1) is 7.11 Å².